The largest absolute Gasteiger partial charge is 0.351 e. The van der Waals surface area contributed by atoms with Crippen molar-refractivity contribution < 1.29 is 13.2 Å². The molecule has 17 heavy (non-hydrogen) atoms. The Bertz CT molecular complexity index is 339. The Morgan fingerprint density at radius 1 is 1.47 bits per heavy atom. The van der Waals surface area contributed by atoms with Crippen LogP contribution in [0.3, 0.4) is 0 Å². The smallest absolute Gasteiger partial charge is 0.237 e. The molecule has 102 valence electrons. The van der Waals surface area contributed by atoms with Gasteiger partial charge in [0.25, 0.3) is 0 Å². The number of hydrogen-bond acceptors (Lipinski definition) is 4. The summed E-state index contributed by atoms with van der Waals surface area (Å²) in [5.74, 6) is -0.0956. The van der Waals surface area contributed by atoms with E-state index in [1.54, 1.807) is 6.92 Å². The van der Waals surface area contributed by atoms with E-state index in [-0.39, 0.29) is 36.2 Å². The predicted molar refractivity (Wildman–Crippen MR) is 70.2 cm³/mol. The summed E-state index contributed by atoms with van der Waals surface area (Å²) in [5, 5.41) is 5.85. The van der Waals surface area contributed by atoms with Gasteiger partial charge in [0.1, 0.15) is 9.84 Å². The van der Waals surface area contributed by atoms with Gasteiger partial charge in [-0.05, 0) is 26.3 Å². The van der Waals surface area contributed by atoms with Crippen LogP contribution in [0.1, 0.15) is 26.2 Å². The molecule has 2 N–H and O–H groups in total. The highest BCUT2D eigenvalue weighted by Crippen LogP contribution is 2.07. The summed E-state index contributed by atoms with van der Waals surface area (Å²) in [5.41, 5.74) is 0. The van der Waals surface area contributed by atoms with Crippen molar-refractivity contribution >= 4 is 28.2 Å². The van der Waals surface area contributed by atoms with E-state index in [0.29, 0.717) is 0 Å². The Morgan fingerprint density at radius 2 is 2.12 bits per heavy atom. The summed E-state index contributed by atoms with van der Waals surface area (Å²) >= 11 is 0. The molecule has 1 heterocycles. The van der Waals surface area contributed by atoms with Crippen LogP contribution in [0.4, 0.5) is 0 Å². The van der Waals surface area contributed by atoms with Gasteiger partial charge >= 0.3 is 0 Å². The van der Waals surface area contributed by atoms with Gasteiger partial charge in [0.15, 0.2) is 0 Å². The Balaban J connectivity index is 0.00000256. The summed E-state index contributed by atoms with van der Waals surface area (Å²) in [4.78, 5) is 11.7. The van der Waals surface area contributed by atoms with Gasteiger partial charge in [0.2, 0.25) is 5.91 Å². The van der Waals surface area contributed by atoms with Crippen LogP contribution in [0, 0.1) is 0 Å². The molecule has 2 atom stereocenters. The van der Waals surface area contributed by atoms with E-state index < -0.39 is 9.84 Å². The van der Waals surface area contributed by atoms with Gasteiger partial charge in [-0.25, -0.2) is 8.42 Å². The molecule has 0 aromatic rings. The predicted octanol–water partition coefficient (Wildman–Crippen LogP) is 0.0996. The lowest BCUT2D eigenvalue weighted by atomic mass is 10.0. The highest BCUT2D eigenvalue weighted by molar-refractivity contribution is 7.90. The number of carbonyl (C=O) groups excluding carboxylic acids is 1. The number of halogens is 1. The fourth-order valence-corrected chi connectivity index (χ4v) is 2.91. The average Bonchev–Trinajstić information content (AvgIpc) is 2.16. The number of amides is 1. The van der Waals surface area contributed by atoms with Crippen molar-refractivity contribution in [3.05, 3.63) is 0 Å². The Kier molecular flexibility index (Phi) is 7.04. The third-order valence-electron chi connectivity index (χ3n) is 2.57. The Morgan fingerprint density at radius 3 is 2.59 bits per heavy atom. The molecule has 0 saturated carbocycles. The molecule has 5 nitrogen and oxygen atoms in total. The Labute approximate surface area is 109 Å². The summed E-state index contributed by atoms with van der Waals surface area (Å²) in [6, 6.07) is -0.484. The molecule has 1 amide bonds. The molecular formula is C10H21ClN2O3S. The topological polar surface area (TPSA) is 75.3 Å². The van der Waals surface area contributed by atoms with Crippen LogP contribution in [0.25, 0.3) is 0 Å². The zero-order valence-electron chi connectivity index (χ0n) is 10.2. The van der Waals surface area contributed by atoms with Gasteiger partial charge in [-0.2, -0.15) is 0 Å². The summed E-state index contributed by atoms with van der Waals surface area (Å²) < 4.78 is 22.1. The molecule has 0 radical (unpaired) electrons. The van der Waals surface area contributed by atoms with Crippen LogP contribution in [0.5, 0.6) is 0 Å². The zero-order valence-corrected chi connectivity index (χ0v) is 11.9. The second-order valence-corrected chi connectivity index (χ2v) is 6.69. The van der Waals surface area contributed by atoms with Crippen molar-refractivity contribution in [3.63, 3.8) is 0 Å². The van der Waals surface area contributed by atoms with E-state index in [0.717, 1.165) is 25.8 Å². The molecule has 1 fully saturated rings. The van der Waals surface area contributed by atoms with E-state index in [1.807, 2.05) is 0 Å². The third-order valence-corrected chi connectivity index (χ3v) is 3.67. The summed E-state index contributed by atoms with van der Waals surface area (Å²) in [6.45, 7) is 2.57. The maximum Gasteiger partial charge on any atom is 0.237 e. The Hall–Kier alpha value is -0.330. The van der Waals surface area contributed by atoms with E-state index in [1.165, 1.54) is 6.26 Å². The van der Waals surface area contributed by atoms with E-state index in [9.17, 15) is 13.2 Å². The average molecular weight is 285 g/mol. The monoisotopic (exact) mass is 284 g/mol. The normalized spacial score (nSPS) is 22.4. The van der Waals surface area contributed by atoms with Crippen LogP contribution in [0.15, 0.2) is 0 Å². The van der Waals surface area contributed by atoms with Crippen molar-refractivity contribution in [3.8, 4) is 0 Å². The first-order valence-corrected chi connectivity index (χ1v) is 7.66. The number of hydrogen-bond donors (Lipinski definition) is 2. The second kappa shape index (κ2) is 7.18. The van der Waals surface area contributed by atoms with E-state index in [4.69, 9.17) is 0 Å². The first-order valence-electron chi connectivity index (χ1n) is 5.60. The fraction of sp³-hybridized carbons (Fsp3) is 0.900. The van der Waals surface area contributed by atoms with Gasteiger partial charge in [-0.15, -0.1) is 12.4 Å². The third kappa shape index (κ3) is 6.85. The molecule has 7 heteroatoms. The van der Waals surface area contributed by atoms with Crippen LogP contribution in [-0.2, 0) is 14.6 Å². The minimum atomic E-state index is -3.03. The zero-order chi connectivity index (χ0) is 12.2. The lowest BCUT2D eigenvalue weighted by Crippen LogP contribution is -2.50. The maximum absolute atomic E-state index is 11.7. The number of rotatable bonds is 4. The minimum Gasteiger partial charge on any atom is -0.351 e. The molecule has 0 aliphatic carbocycles. The van der Waals surface area contributed by atoms with Crippen molar-refractivity contribution in [1.29, 1.82) is 0 Å². The first-order chi connectivity index (χ1) is 7.38. The first kappa shape index (κ1) is 16.7. The van der Waals surface area contributed by atoms with Gasteiger partial charge < -0.3 is 10.6 Å². The van der Waals surface area contributed by atoms with Crippen molar-refractivity contribution in [1.82, 2.24) is 10.6 Å². The van der Waals surface area contributed by atoms with Gasteiger partial charge in [0.05, 0.1) is 11.8 Å². The van der Waals surface area contributed by atoms with Crippen molar-refractivity contribution in [2.24, 2.45) is 0 Å². The number of nitrogens with one attached hydrogen (secondary N) is 2. The number of piperidine rings is 1. The molecule has 1 rings (SSSR count). The van der Waals surface area contributed by atoms with Crippen LogP contribution in [-0.4, -0.2) is 45.0 Å². The number of carbonyl (C=O) groups is 1. The van der Waals surface area contributed by atoms with Crippen molar-refractivity contribution in [2.45, 2.75) is 38.3 Å². The molecule has 0 aromatic carbocycles. The molecule has 1 saturated heterocycles. The van der Waals surface area contributed by atoms with Gasteiger partial charge in [-0.3, -0.25) is 4.79 Å². The molecule has 0 spiro atoms. The summed E-state index contributed by atoms with van der Waals surface area (Å²) in [6.07, 6.45) is 4.15. The molecule has 0 bridgehead atoms. The lowest BCUT2D eigenvalue weighted by Gasteiger charge is -2.24. The highest BCUT2D eigenvalue weighted by Gasteiger charge is 2.22. The summed E-state index contributed by atoms with van der Waals surface area (Å²) in [7, 11) is -3.03. The lowest BCUT2D eigenvalue weighted by molar-refractivity contribution is -0.124. The van der Waals surface area contributed by atoms with E-state index in [2.05, 4.69) is 10.6 Å². The van der Waals surface area contributed by atoms with Gasteiger partial charge in [-0.1, -0.05) is 6.42 Å². The van der Waals surface area contributed by atoms with Gasteiger partial charge in [0, 0.05) is 12.3 Å². The van der Waals surface area contributed by atoms with Crippen LogP contribution < -0.4 is 10.6 Å². The highest BCUT2D eigenvalue weighted by atomic mass is 35.5. The standard InChI is InChI=1S/C10H20N2O3S.ClH/c1-8(7-16(2,14)15)12-10(13)9-5-3-4-6-11-9;/h8-9,11H,3-7H2,1-2H3,(H,12,13);1H/t8?,9-;/m0./s1. The SMILES string of the molecule is CC(CS(C)(=O)=O)NC(=O)[C@@H]1CCCCN1.Cl. The minimum absolute atomic E-state index is 0. The van der Waals surface area contributed by atoms with Crippen LogP contribution >= 0.6 is 12.4 Å². The molecule has 1 aliphatic rings. The quantitative estimate of drug-likeness (QED) is 0.768. The molecule has 1 aliphatic heterocycles. The maximum atomic E-state index is 11.7. The molecule has 1 unspecified atom stereocenters. The molecular weight excluding hydrogens is 264 g/mol. The van der Waals surface area contributed by atoms with Crippen LogP contribution in [0.2, 0.25) is 0 Å². The second-order valence-electron chi connectivity index (χ2n) is 4.50. The fourth-order valence-electron chi connectivity index (χ4n) is 1.91. The van der Waals surface area contributed by atoms with E-state index >= 15 is 0 Å². The van der Waals surface area contributed by atoms with Crippen molar-refractivity contribution in [2.75, 3.05) is 18.6 Å². The molecule has 0 aromatic heterocycles. The number of sulfone groups is 1.